The first kappa shape index (κ1) is 85.4. The van der Waals surface area contributed by atoms with Crippen molar-refractivity contribution in [3.8, 4) is 29.0 Å². The number of anilines is 10. The van der Waals surface area contributed by atoms with E-state index in [2.05, 4.69) is 86.4 Å². The van der Waals surface area contributed by atoms with Crippen molar-refractivity contribution in [1.82, 2.24) is 82.6 Å². The van der Waals surface area contributed by atoms with E-state index in [4.69, 9.17) is 28.4 Å². The minimum atomic E-state index is -0.529. The van der Waals surface area contributed by atoms with Crippen LogP contribution >= 0.6 is 27.0 Å². The Labute approximate surface area is 687 Å². The lowest BCUT2D eigenvalue weighted by molar-refractivity contribution is -0.0227. The first-order valence-corrected chi connectivity index (χ1v) is 37.8. The van der Waals surface area contributed by atoms with Crippen molar-refractivity contribution < 1.29 is 46.7 Å². The van der Waals surface area contributed by atoms with Crippen LogP contribution in [0.5, 0.6) is 29.0 Å². The molecule has 0 unspecified atom stereocenters. The van der Waals surface area contributed by atoms with Gasteiger partial charge in [0.1, 0.15) is 106 Å². The molecule has 117 heavy (non-hydrogen) atoms. The predicted octanol–water partition coefficient (Wildman–Crippen LogP) is 16.6. The smallest absolute Gasteiger partial charge is 0.237 e. The van der Waals surface area contributed by atoms with Gasteiger partial charge in [-0.1, -0.05) is 18.9 Å². The normalized spacial score (nSPS) is 14.9. The molecule has 4 atom stereocenters. The summed E-state index contributed by atoms with van der Waals surface area (Å²) in [6.45, 7) is 8.70. The standard InChI is InChI=1S/C20H23FN4O2.C19H21FN4O2.C16H17FN4O.2C14H15N5O.2H2S/c1-25-10-9-15-19(25)20(23-12-22-15)24-14-8-7-13(21)11-18(14)27-17-6-4-3-5-16(17)26-2;1-24-9-8-14-18(24)19(22-11-21-14)23-13-7-6-12(20)10-17(13)26-16-5-3-2-4-15(16)25;1-10(2)22-15-11(17)5-4-6-13(15)20-16-14-12(18-9-19-16)7-8-21(14)3;2*1-3-20-14-11(5-4-7-15-14)18-13-12-10(16-9-17-13)6-8-19(12)2;;/h7-12,16-17H,3-6H2,1-2H3,(H,22,23,24);6-11,15-16,25H,2-5H2,1H3,(H,21,22,23);4-10H,1-3H3,(H,18,19,20);2*4-9H,3H2,1-2H3,(H,16,17,18);2*1H2/t16-,17-;15-,16-;;;;;/m00...../s1. The number of pyridine rings is 2. The van der Waals surface area contributed by atoms with Crippen LogP contribution < -0.4 is 50.3 Å². The number of halogens is 3. The molecule has 2 aliphatic rings. The lowest BCUT2D eigenvalue weighted by Gasteiger charge is -2.31. The molecule has 0 saturated heterocycles. The molecule has 2 saturated carbocycles. The van der Waals surface area contributed by atoms with Crippen LogP contribution in [0, 0.1) is 17.5 Å². The average molecular weight is 1630 g/mol. The van der Waals surface area contributed by atoms with Crippen molar-refractivity contribution in [2.45, 2.75) is 110 Å². The third-order valence-corrected chi connectivity index (χ3v) is 19.0. The van der Waals surface area contributed by atoms with Crippen molar-refractivity contribution in [2.24, 2.45) is 35.2 Å². The van der Waals surface area contributed by atoms with Crippen LogP contribution in [-0.2, 0) is 40.0 Å². The molecule has 3 aromatic carbocycles. The molecule has 6 N–H and O–H groups in total. The van der Waals surface area contributed by atoms with Gasteiger partial charge in [0.05, 0.1) is 76.2 Å². The predicted molar refractivity (Wildman–Crippen MR) is 458 cm³/mol. The number of aliphatic hydroxyl groups is 1. The van der Waals surface area contributed by atoms with Gasteiger partial charge in [-0.15, -0.1) is 0 Å². The van der Waals surface area contributed by atoms with Gasteiger partial charge in [0.25, 0.3) is 0 Å². The van der Waals surface area contributed by atoms with Crippen molar-refractivity contribution in [1.29, 1.82) is 0 Å². The highest BCUT2D eigenvalue weighted by Crippen LogP contribution is 2.39. The fraction of sp³-hybridized carbons (Fsp3) is 0.301. The Kier molecular flexibility index (Phi) is 29.3. The zero-order chi connectivity index (χ0) is 80.5. The van der Waals surface area contributed by atoms with E-state index in [1.165, 1.54) is 49.3 Å². The number of para-hydroxylation sites is 1. The van der Waals surface area contributed by atoms with Gasteiger partial charge in [-0.25, -0.2) is 73.0 Å². The molecule has 34 heteroatoms. The number of aliphatic hydroxyl groups excluding tert-OH is 1. The van der Waals surface area contributed by atoms with Gasteiger partial charge in [0, 0.05) is 97.9 Å². The fourth-order valence-electron chi connectivity index (χ4n) is 13.5. The summed E-state index contributed by atoms with van der Waals surface area (Å²) in [4.78, 5) is 51.2. The molecule has 0 bridgehead atoms. The van der Waals surface area contributed by atoms with Gasteiger partial charge in [0.15, 0.2) is 40.7 Å². The van der Waals surface area contributed by atoms with Crippen molar-refractivity contribution >= 4 is 140 Å². The number of benzene rings is 3. The van der Waals surface area contributed by atoms with Crippen LogP contribution in [0.2, 0.25) is 0 Å². The molecule has 12 heterocycles. The van der Waals surface area contributed by atoms with E-state index in [1.807, 2.05) is 171 Å². The topological polar surface area (TPSA) is 315 Å². The number of aromatic nitrogens is 17. The molecule has 612 valence electrons. The molecule has 2 aliphatic carbocycles. The van der Waals surface area contributed by atoms with Crippen molar-refractivity contribution in [3.05, 3.63) is 202 Å². The minimum Gasteiger partial charge on any atom is -0.486 e. The molecule has 2 fully saturated rings. The summed E-state index contributed by atoms with van der Waals surface area (Å²) in [5.74, 6) is 4.36. The van der Waals surface area contributed by atoms with Crippen LogP contribution in [0.25, 0.3) is 55.2 Å². The number of hydrogen-bond donors (Lipinski definition) is 6. The highest BCUT2D eigenvalue weighted by atomic mass is 32.1. The monoisotopic (exact) mass is 1630 g/mol. The summed E-state index contributed by atoms with van der Waals surface area (Å²) in [7, 11) is 11.4. The lowest BCUT2D eigenvalue weighted by Crippen LogP contribution is -2.36. The maximum absolute atomic E-state index is 14.0. The van der Waals surface area contributed by atoms with Gasteiger partial charge in [-0.2, -0.15) is 27.0 Å². The summed E-state index contributed by atoms with van der Waals surface area (Å²) in [5.41, 5.74) is 12.1. The Balaban J connectivity index is 0.000000144. The second-order valence-electron chi connectivity index (χ2n) is 27.4. The van der Waals surface area contributed by atoms with Crippen LogP contribution in [0.4, 0.5) is 70.7 Å². The number of aryl methyl sites for hydroxylation is 5. The number of nitrogens with zero attached hydrogens (tertiary/aromatic N) is 17. The van der Waals surface area contributed by atoms with E-state index >= 15 is 0 Å². The molecule has 29 nitrogen and oxygen atoms in total. The number of hydrogen-bond acceptors (Lipinski definition) is 24. The van der Waals surface area contributed by atoms with Crippen LogP contribution in [0.3, 0.4) is 0 Å². The maximum Gasteiger partial charge on any atom is 0.237 e. The average Bonchev–Trinajstić information content (AvgIpc) is 1.72. The molecule has 0 amide bonds. The Morgan fingerprint density at radius 1 is 0.410 bits per heavy atom. The van der Waals surface area contributed by atoms with Crippen molar-refractivity contribution in [3.63, 3.8) is 0 Å². The number of fused-ring (bicyclic) bond motifs is 5. The Hall–Kier alpha value is -12.5. The van der Waals surface area contributed by atoms with E-state index in [0.717, 1.165) is 123 Å². The highest BCUT2D eigenvalue weighted by molar-refractivity contribution is 7.59. The molecule has 12 aromatic heterocycles. The van der Waals surface area contributed by atoms with E-state index in [0.29, 0.717) is 77.4 Å². The molecule has 17 rings (SSSR count). The van der Waals surface area contributed by atoms with E-state index in [-0.39, 0.29) is 68.8 Å². The highest BCUT2D eigenvalue weighted by Gasteiger charge is 2.29. The molecule has 0 spiro atoms. The molecular weight excluding hydrogens is 1540 g/mol. The minimum absolute atomic E-state index is 0. The quantitative estimate of drug-likeness (QED) is 0.0389. The summed E-state index contributed by atoms with van der Waals surface area (Å²) < 4.78 is 85.8. The number of nitrogens with one attached hydrogen (secondary N) is 5. The summed E-state index contributed by atoms with van der Waals surface area (Å²) in [6, 6.07) is 30.8. The zero-order valence-corrected chi connectivity index (χ0v) is 68.4. The van der Waals surface area contributed by atoms with Crippen LogP contribution in [0.1, 0.15) is 79.1 Å². The third-order valence-electron chi connectivity index (χ3n) is 19.0. The largest absolute Gasteiger partial charge is 0.486 e. The van der Waals surface area contributed by atoms with Gasteiger partial charge in [-0.3, -0.25) is 0 Å². The van der Waals surface area contributed by atoms with Crippen LogP contribution in [0.15, 0.2) is 184 Å². The first-order chi connectivity index (χ1) is 55.9. The lowest BCUT2D eigenvalue weighted by atomic mass is 9.94. The van der Waals surface area contributed by atoms with E-state index in [9.17, 15) is 18.3 Å². The fourth-order valence-corrected chi connectivity index (χ4v) is 13.5. The maximum atomic E-state index is 14.0. The van der Waals surface area contributed by atoms with E-state index in [1.54, 1.807) is 56.4 Å². The number of ether oxygens (including phenoxy) is 6. The third kappa shape index (κ3) is 20.8. The van der Waals surface area contributed by atoms with Gasteiger partial charge < -0.3 is 82.9 Å². The summed E-state index contributed by atoms with van der Waals surface area (Å²) in [5, 5.41) is 26.4. The molecular formula is C83H95F3N22O7S2. The molecule has 0 aliphatic heterocycles. The second-order valence-corrected chi connectivity index (χ2v) is 27.4. The van der Waals surface area contributed by atoms with Gasteiger partial charge in [-0.05, 0) is 157 Å². The van der Waals surface area contributed by atoms with Crippen molar-refractivity contribution in [2.75, 3.05) is 46.9 Å². The molecule has 0 radical (unpaired) electrons. The summed E-state index contributed by atoms with van der Waals surface area (Å²) in [6.07, 6.45) is 27.1. The Bertz CT molecular complexity index is 5660. The molecule has 15 aromatic rings. The van der Waals surface area contributed by atoms with E-state index < -0.39 is 11.9 Å². The Morgan fingerprint density at radius 2 is 0.752 bits per heavy atom. The Morgan fingerprint density at radius 3 is 1.12 bits per heavy atom. The first-order valence-electron chi connectivity index (χ1n) is 37.8. The number of rotatable bonds is 21. The van der Waals surface area contributed by atoms with Gasteiger partial charge >= 0.3 is 0 Å². The second kappa shape index (κ2) is 40.2. The van der Waals surface area contributed by atoms with Crippen LogP contribution in [-0.4, -0.2) is 139 Å². The summed E-state index contributed by atoms with van der Waals surface area (Å²) >= 11 is 0. The number of methoxy groups -OCH3 is 1. The SMILES string of the molecule is CC(C)Oc1c(F)cccc1Nc1ncnc2ccn(C)c12.CCOc1ncccc1Nc1ncnc2ccn(C)c12.CCOc1ncccc1Nc1ncnc2ccn(C)c12.CO[C@H]1CCCC[C@@H]1Oc1cc(F)ccc1Nc1ncnc2ccn(C)c12.Cn1ccc2ncnc(Nc3ccc(F)cc3O[C@H]3CCCC[C@@H]3O)c21.S.S. The zero-order valence-electron chi connectivity index (χ0n) is 66.4. The van der Waals surface area contributed by atoms with Gasteiger partial charge in [0.2, 0.25) is 11.8 Å².